The van der Waals surface area contributed by atoms with Gasteiger partial charge in [-0.2, -0.15) is 0 Å². The molecule has 1 atom stereocenters. The Labute approximate surface area is 200 Å². The van der Waals surface area contributed by atoms with Gasteiger partial charge in [-0.25, -0.2) is 4.79 Å². The van der Waals surface area contributed by atoms with E-state index in [0.29, 0.717) is 13.2 Å². The van der Waals surface area contributed by atoms with Crippen molar-refractivity contribution in [3.05, 3.63) is 114 Å². The molecule has 3 aromatic carbocycles. The third-order valence-electron chi connectivity index (χ3n) is 6.37. The summed E-state index contributed by atoms with van der Waals surface area (Å²) in [6, 6.07) is 28.1. The second-order valence-electron chi connectivity index (χ2n) is 8.41. The molecule has 172 valence electrons. The lowest BCUT2D eigenvalue weighted by atomic mass is 10.0. The predicted octanol–water partition coefficient (Wildman–Crippen LogP) is 6.58. The summed E-state index contributed by atoms with van der Waals surface area (Å²) in [5.41, 5.74) is 6.26. The first-order chi connectivity index (χ1) is 16.7. The Balaban J connectivity index is 1.60. The summed E-state index contributed by atoms with van der Waals surface area (Å²) in [4.78, 5) is 15.8. The normalized spacial score (nSPS) is 14.6. The van der Waals surface area contributed by atoms with Gasteiger partial charge in [0.15, 0.2) is 0 Å². The van der Waals surface area contributed by atoms with Crippen molar-refractivity contribution in [2.45, 2.75) is 32.9 Å². The van der Waals surface area contributed by atoms with E-state index in [1.54, 1.807) is 0 Å². The number of benzene rings is 3. The Kier molecular flexibility index (Phi) is 6.09. The van der Waals surface area contributed by atoms with Gasteiger partial charge in [0.2, 0.25) is 0 Å². The molecular weight excluding hydrogens is 422 g/mol. The zero-order valence-electron chi connectivity index (χ0n) is 19.6. The molecule has 0 fully saturated rings. The number of nitrogens with one attached hydrogen (secondary N) is 1. The molecule has 0 radical (unpaired) electrons. The summed E-state index contributed by atoms with van der Waals surface area (Å²) >= 11 is 0. The van der Waals surface area contributed by atoms with Crippen LogP contribution in [0.2, 0.25) is 0 Å². The number of hydrogen-bond acceptors (Lipinski definition) is 2. The molecule has 5 heteroatoms. The predicted molar refractivity (Wildman–Crippen MR) is 136 cm³/mol. The van der Waals surface area contributed by atoms with Gasteiger partial charge >= 0.3 is 6.03 Å². The smallest absolute Gasteiger partial charge is 0.322 e. The fourth-order valence-electron chi connectivity index (χ4n) is 4.74. The van der Waals surface area contributed by atoms with Crippen molar-refractivity contribution in [3.63, 3.8) is 0 Å². The van der Waals surface area contributed by atoms with E-state index in [2.05, 4.69) is 59.4 Å². The zero-order chi connectivity index (χ0) is 23.5. The molecule has 34 heavy (non-hydrogen) atoms. The fourth-order valence-corrected chi connectivity index (χ4v) is 4.74. The minimum absolute atomic E-state index is 0.121. The van der Waals surface area contributed by atoms with E-state index in [9.17, 15) is 4.79 Å². The molecule has 4 aromatic rings. The van der Waals surface area contributed by atoms with E-state index in [0.717, 1.165) is 45.9 Å². The Morgan fingerprint density at radius 2 is 1.71 bits per heavy atom. The van der Waals surface area contributed by atoms with Crippen molar-refractivity contribution in [1.82, 2.24) is 9.47 Å². The summed E-state index contributed by atoms with van der Waals surface area (Å²) in [6.07, 6.45) is 2.92. The number of anilines is 1. The minimum atomic E-state index is -0.258. The number of amides is 2. The van der Waals surface area contributed by atoms with Gasteiger partial charge < -0.3 is 19.5 Å². The summed E-state index contributed by atoms with van der Waals surface area (Å²) in [5.74, 6) is 0.825. The van der Waals surface area contributed by atoms with Crippen LogP contribution < -0.4 is 10.1 Å². The van der Waals surface area contributed by atoms with Crippen molar-refractivity contribution in [1.29, 1.82) is 0 Å². The summed E-state index contributed by atoms with van der Waals surface area (Å²) in [7, 11) is 0. The third-order valence-corrected chi connectivity index (χ3v) is 6.37. The zero-order valence-corrected chi connectivity index (χ0v) is 19.6. The van der Waals surface area contributed by atoms with Crippen LogP contribution in [-0.4, -0.2) is 22.1 Å². The van der Waals surface area contributed by atoms with Gasteiger partial charge in [-0.15, -0.1) is 0 Å². The number of ether oxygens (including phenoxy) is 1. The fraction of sp³-hybridized carbons (Fsp3) is 0.207. The second kappa shape index (κ2) is 9.48. The maximum absolute atomic E-state index is 13.9. The van der Waals surface area contributed by atoms with Crippen LogP contribution in [0.3, 0.4) is 0 Å². The molecule has 2 amide bonds. The minimum Gasteiger partial charge on any atom is -0.494 e. The first-order valence-corrected chi connectivity index (χ1v) is 11.8. The quantitative estimate of drug-likeness (QED) is 0.373. The molecule has 1 unspecified atom stereocenters. The summed E-state index contributed by atoms with van der Waals surface area (Å²) in [5, 5.41) is 3.20. The van der Waals surface area contributed by atoms with Crippen LogP contribution in [0.1, 0.15) is 42.3 Å². The van der Waals surface area contributed by atoms with E-state index < -0.39 is 0 Å². The molecule has 1 aromatic heterocycles. The van der Waals surface area contributed by atoms with Gasteiger partial charge in [-0.1, -0.05) is 55.5 Å². The molecule has 0 bridgehead atoms. The molecule has 5 nitrogen and oxygen atoms in total. The van der Waals surface area contributed by atoms with E-state index in [4.69, 9.17) is 4.74 Å². The molecule has 1 aliphatic heterocycles. The van der Waals surface area contributed by atoms with Crippen molar-refractivity contribution >= 4 is 11.7 Å². The molecule has 5 rings (SSSR count). The average molecular weight is 452 g/mol. The Morgan fingerprint density at radius 3 is 2.50 bits per heavy atom. The van der Waals surface area contributed by atoms with Crippen molar-refractivity contribution in [3.8, 4) is 11.4 Å². The second-order valence-corrected chi connectivity index (χ2v) is 8.41. The van der Waals surface area contributed by atoms with Gasteiger partial charge in [0.25, 0.3) is 0 Å². The highest BCUT2D eigenvalue weighted by Gasteiger charge is 2.33. The van der Waals surface area contributed by atoms with Crippen molar-refractivity contribution < 1.29 is 9.53 Å². The van der Waals surface area contributed by atoms with Gasteiger partial charge in [0.1, 0.15) is 5.75 Å². The molecule has 1 N–H and O–H groups in total. The number of para-hydroxylation sites is 2. The van der Waals surface area contributed by atoms with Crippen LogP contribution in [0.4, 0.5) is 10.5 Å². The van der Waals surface area contributed by atoms with Gasteiger partial charge in [0, 0.05) is 17.6 Å². The number of aryl methyl sites for hydroxylation is 1. The molecule has 2 heterocycles. The number of carbonyl (C=O) groups excluding carboxylic acids is 1. The highest BCUT2D eigenvalue weighted by molar-refractivity contribution is 5.91. The van der Waals surface area contributed by atoms with E-state index >= 15 is 0 Å². The van der Waals surface area contributed by atoms with Gasteiger partial charge in [-0.05, 0) is 66.4 Å². The highest BCUT2D eigenvalue weighted by atomic mass is 16.5. The molecular formula is C29H29N3O2. The first-order valence-electron chi connectivity index (χ1n) is 11.8. The maximum Gasteiger partial charge on any atom is 0.322 e. The standard InChI is InChI=1S/C29H29N3O2/c1-3-21-10-5-7-12-25(21)30-29(33)32-20-23-11-6-8-13-26(23)31-19-9-14-27(31)28(32)22-15-17-24(18-16-22)34-4-2/h5-19,28H,3-4,20H2,1-2H3,(H,30,33). The molecule has 0 saturated carbocycles. The molecule has 1 aliphatic rings. The van der Waals surface area contributed by atoms with E-state index in [1.807, 2.05) is 60.4 Å². The van der Waals surface area contributed by atoms with E-state index in [1.165, 1.54) is 0 Å². The molecule has 0 saturated heterocycles. The van der Waals surface area contributed by atoms with Crippen LogP contribution in [0.25, 0.3) is 5.69 Å². The lowest BCUT2D eigenvalue weighted by Gasteiger charge is -2.31. The lowest BCUT2D eigenvalue weighted by molar-refractivity contribution is 0.194. The van der Waals surface area contributed by atoms with Crippen LogP contribution in [-0.2, 0) is 13.0 Å². The van der Waals surface area contributed by atoms with Crippen LogP contribution in [0.15, 0.2) is 91.1 Å². The van der Waals surface area contributed by atoms with Crippen LogP contribution in [0, 0.1) is 0 Å². The number of rotatable bonds is 5. The summed E-state index contributed by atoms with van der Waals surface area (Å²) in [6.45, 7) is 5.19. The number of fused-ring (bicyclic) bond motifs is 3. The Hall–Kier alpha value is -3.99. The van der Waals surface area contributed by atoms with Gasteiger partial charge in [-0.3, -0.25) is 0 Å². The number of nitrogens with zero attached hydrogens (tertiary/aromatic N) is 2. The van der Waals surface area contributed by atoms with Crippen LogP contribution in [0.5, 0.6) is 5.75 Å². The number of carbonyl (C=O) groups is 1. The molecule has 0 aliphatic carbocycles. The summed E-state index contributed by atoms with van der Waals surface area (Å²) < 4.78 is 7.86. The largest absolute Gasteiger partial charge is 0.494 e. The Bertz CT molecular complexity index is 1290. The monoisotopic (exact) mass is 451 g/mol. The van der Waals surface area contributed by atoms with E-state index in [-0.39, 0.29) is 12.1 Å². The number of urea groups is 1. The third kappa shape index (κ3) is 4.05. The van der Waals surface area contributed by atoms with Gasteiger partial charge in [0.05, 0.1) is 24.9 Å². The Morgan fingerprint density at radius 1 is 0.941 bits per heavy atom. The highest BCUT2D eigenvalue weighted by Crippen LogP contribution is 2.37. The first kappa shape index (κ1) is 21.8. The lowest BCUT2D eigenvalue weighted by Crippen LogP contribution is -2.38. The van der Waals surface area contributed by atoms with Crippen molar-refractivity contribution in [2.24, 2.45) is 0 Å². The maximum atomic E-state index is 13.9. The van der Waals surface area contributed by atoms with Crippen molar-refractivity contribution in [2.75, 3.05) is 11.9 Å². The number of hydrogen-bond donors (Lipinski definition) is 1. The average Bonchev–Trinajstić information content (AvgIpc) is 3.29. The molecule has 0 spiro atoms. The topological polar surface area (TPSA) is 46.5 Å². The SMILES string of the molecule is CCOc1ccc(C2c3cccn3-c3ccccc3CN2C(=O)Nc2ccccc2CC)cc1. The number of aromatic nitrogens is 1. The van der Waals surface area contributed by atoms with Crippen LogP contribution >= 0.6 is 0 Å².